The Morgan fingerprint density at radius 2 is 1.94 bits per heavy atom. The summed E-state index contributed by atoms with van der Waals surface area (Å²) in [6.45, 7) is 5.52. The standard InChI is InChI=1S/C25H27NO4S/c1-14(2)30-25(28)22-15(3)26-18-12-16(21-10-7-11-31-21)13-19(27)24(18)23(22)17-8-5-6-9-20(17)29-4/h5-11,14,16,23,26H,12-13H2,1-4H3/t16-,23+/m1/s1. The van der Waals surface area contributed by atoms with Gasteiger partial charge < -0.3 is 14.8 Å². The quantitative estimate of drug-likeness (QED) is 0.662. The summed E-state index contributed by atoms with van der Waals surface area (Å²) in [7, 11) is 1.60. The van der Waals surface area contributed by atoms with Gasteiger partial charge in [0.05, 0.1) is 24.7 Å². The molecule has 0 saturated carbocycles. The molecule has 0 amide bonds. The maximum atomic E-state index is 13.5. The largest absolute Gasteiger partial charge is 0.496 e. The zero-order valence-electron chi connectivity index (χ0n) is 18.2. The fraction of sp³-hybridized carbons (Fsp3) is 0.360. The van der Waals surface area contributed by atoms with Crippen molar-refractivity contribution in [1.82, 2.24) is 5.32 Å². The zero-order chi connectivity index (χ0) is 22.1. The van der Waals surface area contributed by atoms with Crippen molar-refractivity contribution in [1.29, 1.82) is 0 Å². The minimum Gasteiger partial charge on any atom is -0.496 e. The van der Waals surface area contributed by atoms with Gasteiger partial charge in [-0.1, -0.05) is 24.3 Å². The van der Waals surface area contributed by atoms with Gasteiger partial charge in [-0.3, -0.25) is 4.79 Å². The van der Waals surface area contributed by atoms with E-state index in [0.29, 0.717) is 23.3 Å². The molecule has 2 atom stereocenters. The van der Waals surface area contributed by atoms with Crippen molar-refractivity contribution in [3.63, 3.8) is 0 Å². The average molecular weight is 438 g/mol. The first kappa shape index (κ1) is 21.4. The first-order chi connectivity index (χ1) is 14.9. The number of hydrogen-bond donors (Lipinski definition) is 1. The summed E-state index contributed by atoms with van der Waals surface area (Å²) >= 11 is 1.68. The number of carbonyl (C=O) groups is 2. The van der Waals surface area contributed by atoms with Crippen molar-refractivity contribution < 1.29 is 19.1 Å². The van der Waals surface area contributed by atoms with Crippen LogP contribution in [0.5, 0.6) is 5.75 Å². The van der Waals surface area contributed by atoms with Crippen molar-refractivity contribution in [2.75, 3.05) is 7.11 Å². The number of esters is 1. The number of hydrogen-bond acceptors (Lipinski definition) is 6. The zero-order valence-corrected chi connectivity index (χ0v) is 19.0. The van der Waals surface area contributed by atoms with Gasteiger partial charge in [0.15, 0.2) is 5.78 Å². The Hall–Kier alpha value is -2.86. The van der Waals surface area contributed by atoms with Gasteiger partial charge in [0.2, 0.25) is 0 Å². The number of benzene rings is 1. The third kappa shape index (κ3) is 4.04. The maximum Gasteiger partial charge on any atom is 0.337 e. The van der Waals surface area contributed by atoms with E-state index in [1.807, 2.05) is 56.5 Å². The summed E-state index contributed by atoms with van der Waals surface area (Å²) < 4.78 is 11.2. The highest BCUT2D eigenvalue weighted by Crippen LogP contribution is 2.48. The molecule has 0 fully saturated rings. The number of allylic oxidation sites excluding steroid dienone is 3. The summed E-state index contributed by atoms with van der Waals surface area (Å²) in [6.07, 6.45) is 0.904. The highest BCUT2D eigenvalue weighted by Gasteiger charge is 2.42. The van der Waals surface area contributed by atoms with Crippen LogP contribution in [0.2, 0.25) is 0 Å². The first-order valence-electron chi connectivity index (χ1n) is 10.5. The minimum absolute atomic E-state index is 0.0606. The number of dihydropyridines is 1. The summed E-state index contributed by atoms with van der Waals surface area (Å²) in [5, 5.41) is 5.43. The van der Waals surface area contributed by atoms with Gasteiger partial charge in [-0.05, 0) is 44.7 Å². The first-order valence-corrected chi connectivity index (χ1v) is 11.4. The van der Waals surface area contributed by atoms with Crippen LogP contribution in [0.4, 0.5) is 0 Å². The molecule has 31 heavy (non-hydrogen) atoms. The van der Waals surface area contributed by atoms with E-state index in [9.17, 15) is 9.59 Å². The van der Waals surface area contributed by atoms with Crippen LogP contribution in [0, 0.1) is 0 Å². The molecule has 162 valence electrons. The highest BCUT2D eigenvalue weighted by molar-refractivity contribution is 7.10. The van der Waals surface area contributed by atoms with Crippen LogP contribution < -0.4 is 10.1 Å². The third-order valence-corrected chi connectivity index (χ3v) is 6.82. The fourth-order valence-electron chi connectivity index (χ4n) is 4.53. The van der Waals surface area contributed by atoms with Crippen molar-refractivity contribution >= 4 is 23.1 Å². The van der Waals surface area contributed by atoms with Crippen LogP contribution >= 0.6 is 11.3 Å². The molecule has 0 unspecified atom stereocenters. The van der Waals surface area contributed by atoms with Crippen molar-refractivity contribution in [2.45, 2.75) is 51.6 Å². The van der Waals surface area contributed by atoms with Crippen molar-refractivity contribution in [3.8, 4) is 5.75 Å². The molecule has 1 N–H and O–H groups in total. The number of ether oxygens (including phenoxy) is 2. The van der Waals surface area contributed by atoms with Gasteiger partial charge in [0.1, 0.15) is 5.75 Å². The number of para-hydroxylation sites is 1. The maximum absolute atomic E-state index is 13.5. The molecule has 1 aromatic carbocycles. The van der Waals surface area contributed by atoms with Gasteiger partial charge in [0.25, 0.3) is 0 Å². The van der Waals surface area contributed by atoms with E-state index in [-0.39, 0.29) is 17.8 Å². The van der Waals surface area contributed by atoms with Gasteiger partial charge in [-0.25, -0.2) is 4.79 Å². The van der Waals surface area contributed by atoms with Crippen LogP contribution in [-0.4, -0.2) is 25.0 Å². The minimum atomic E-state index is -0.518. The van der Waals surface area contributed by atoms with E-state index in [4.69, 9.17) is 9.47 Å². The second-order valence-corrected chi connectivity index (χ2v) is 9.21. The SMILES string of the molecule is COc1ccccc1[C@H]1C(C(=O)OC(C)C)=C(C)NC2=C1C(=O)C[C@H](c1cccs1)C2. The van der Waals surface area contributed by atoms with Crippen LogP contribution in [0.3, 0.4) is 0 Å². The summed E-state index contributed by atoms with van der Waals surface area (Å²) in [5.74, 6) is -0.0670. The molecular formula is C25H27NO4S. The van der Waals surface area contributed by atoms with E-state index in [2.05, 4.69) is 11.4 Å². The lowest BCUT2D eigenvalue weighted by Gasteiger charge is -2.37. The van der Waals surface area contributed by atoms with E-state index in [1.165, 1.54) is 4.88 Å². The Labute approximate surface area is 186 Å². The smallest absolute Gasteiger partial charge is 0.337 e. The van der Waals surface area contributed by atoms with Crippen LogP contribution in [0.25, 0.3) is 0 Å². The lowest BCUT2D eigenvalue weighted by molar-refractivity contribution is -0.143. The van der Waals surface area contributed by atoms with Crippen molar-refractivity contribution in [2.24, 2.45) is 0 Å². The monoisotopic (exact) mass is 437 g/mol. The van der Waals surface area contributed by atoms with Gasteiger partial charge >= 0.3 is 5.97 Å². The second-order valence-electron chi connectivity index (χ2n) is 8.23. The highest BCUT2D eigenvalue weighted by atomic mass is 32.1. The Morgan fingerprint density at radius 3 is 2.61 bits per heavy atom. The van der Waals surface area contributed by atoms with Crippen LogP contribution in [0.15, 0.2) is 64.3 Å². The fourth-order valence-corrected chi connectivity index (χ4v) is 5.36. The van der Waals surface area contributed by atoms with Crippen LogP contribution in [0.1, 0.15) is 55.9 Å². The lowest BCUT2D eigenvalue weighted by Crippen LogP contribution is -2.36. The molecule has 2 aliphatic rings. The number of methoxy groups -OCH3 is 1. The molecule has 0 saturated heterocycles. The number of carbonyl (C=O) groups excluding carboxylic acids is 2. The molecular weight excluding hydrogens is 410 g/mol. The number of thiophene rings is 1. The summed E-state index contributed by atoms with van der Waals surface area (Å²) in [4.78, 5) is 27.9. The number of ketones is 1. The summed E-state index contributed by atoms with van der Waals surface area (Å²) in [6, 6.07) is 11.7. The van der Waals surface area contributed by atoms with Crippen molar-refractivity contribution in [3.05, 3.63) is 74.8 Å². The van der Waals surface area contributed by atoms with E-state index < -0.39 is 11.9 Å². The Balaban J connectivity index is 1.84. The molecule has 0 radical (unpaired) electrons. The molecule has 1 aliphatic carbocycles. The van der Waals surface area contributed by atoms with E-state index in [0.717, 1.165) is 23.4 Å². The van der Waals surface area contributed by atoms with E-state index >= 15 is 0 Å². The van der Waals surface area contributed by atoms with Gasteiger partial charge in [-0.2, -0.15) is 0 Å². The molecule has 6 heteroatoms. The molecule has 2 aromatic rings. The Kier molecular flexibility index (Phi) is 6.01. The molecule has 1 aliphatic heterocycles. The molecule has 1 aromatic heterocycles. The molecule has 0 spiro atoms. The lowest BCUT2D eigenvalue weighted by atomic mass is 9.72. The Morgan fingerprint density at radius 1 is 1.16 bits per heavy atom. The summed E-state index contributed by atoms with van der Waals surface area (Å²) in [5.41, 5.74) is 3.54. The molecule has 0 bridgehead atoms. The number of rotatable bonds is 5. The molecule has 4 rings (SSSR count). The number of Topliss-reactive ketones (excluding diaryl/α,β-unsaturated/α-hetero) is 1. The number of nitrogens with one attached hydrogen (secondary N) is 1. The molecule has 5 nitrogen and oxygen atoms in total. The van der Waals surface area contributed by atoms with Crippen LogP contribution in [-0.2, 0) is 14.3 Å². The average Bonchev–Trinajstić information content (AvgIpc) is 3.27. The van der Waals surface area contributed by atoms with Gasteiger partial charge in [-0.15, -0.1) is 11.3 Å². The predicted molar refractivity (Wildman–Crippen MR) is 121 cm³/mol. The molecule has 2 heterocycles. The van der Waals surface area contributed by atoms with E-state index in [1.54, 1.807) is 18.4 Å². The van der Waals surface area contributed by atoms with Gasteiger partial charge in [0, 0.05) is 39.7 Å². The topological polar surface area (TPSA) is 64.6 Å². The third-order valence-electron chi connectivity index (χ3n) is 5.79. The normalized spacial score (nSPS) is 21.1. The predicted octanol–water partition coefficient (Wildman–Crippen LogP) is 5.07. The second kappa shape index (κ2) is 8.71. The Bertz CT molecular complexity index is 1060.